The Hall–Kier alpha value is -1.07. The molecule has 0 aliphatic rings. The maximum atomic E-state index is 4.74. The first-order valence-electron chi connectivity index (χ1n) is 6.52. The summed E-state index contributed by atoms with van der Waals surface area (Å²) < 4.78 is 2.20. The van der Waals surface area contributed by atoms with Crippen LogP contribution in [0.3, 0.4) is 0 Å². The Labute approximate surface area is 113 Å². The summed E-state index contributed by atoms with van der Waals surface area (Å²) in [6, 6.07) is 0.485. The molecule has 0 spiro atoms. The second kappa shape index (κ2) is 5.71. The highest BCUT2D eigenvalue weighted by Gasteiger charge is 2.16. The fourth-order valence-electron chi connectivity index (χ4n) is 2.03. The van der Waals surface area contributed by atoms with Crippen molar-refractivity contribution in [3.8, 4) is 0 Å². The molecule has 100 valence electrons. The number of anilines is 1. The molecule has 0 unspecified atom stereocenters. The van der Waals surface area contributed by atoms with Crippen molar-refractivity contribution in [2.24, 2.45) is 0 Å². The Morgan fingerprint density at radius 1 is 1.50 bits per heavy atom. The minimum Gasteiger partial charge on any atom is -0.358 e. The van der Waals surface area contributed by atoms with Gasteiger partial charge in [0.25, 0.3) is 0 Å². The molecule has 0 amide bonds. The largest absolute Gasteiger partial charge is 0.358 e. The zero-order valence-corrected chi connectivity index (χ0v) is 12.4. The number of aromatic nitrogens is 2. The van der Waals surface area contributed by atoms with Gasteiger partial charge in [-0.1, -0.05) is 20.8 Å². The number of thiazole rings is 1. The summed E-state index contributed by atoms with van der Waals surface area (Å²) in [5, 5.41) is 5.57. The monoisotopic (exact) mass is 266 g/mol. The van der Waals surface area contributed by atoms with Crippen molar-refractivity contribution in [3.05, 3.63) is 17.3 Å². The van der Waals surface area contributed by atoms with Gasteiger partial charge < -0.3 is 10.2 Å². The topological polar surface area (TPSA) is 32.6 Å². The first-order valence-corrected chi connectivity index (χ1v) is 7.40. The van der Waals surface area contributed by atoms with Crippen molar-refractivity contribution in [2.45, 2.75) is 39.8 Å². The molecule has 0 aromatic carbocycles. The van der Waals surface area contributed by atoms with Crippen LogP contribution in [0, 0.1) is 0 Å². The smallest absolute Gasteiger partial charge is 0.195 e. The zero-order chi connectivity index (χ0) is 13.1. The van der Waals surface area contributed by atoms with Gasteiger partial charge in [-0.15, -0.1) is 11.3 Å². The summed E-state index contributed by atoms with van der Waals surface area (Å²) in [5.41, 5.74) is 1.26. The first kappa shape index (κ1) is 13.4. The van der Waals surface area contributed by atoms with Gasteiger partial charge in [0.05, 0.1) is 5.69 Å². The number of nitrogens with zero attached hydrogens (tertiary/aromatic N) is 3. The number of fused-ring (bicyclic) bond motifs is 1. The van der Waals surface area contributed by atoms with Crippen LogP contribution < -0.4 is 10.2 Å². The second-order valence-corrected chi connectivity index (χ2v) is 5.77. The molecule has 0 saturated heterocycles. The SMILES string of the molecule is CCCN(C)c1nc2sccn2c1CNC(C)C. The Morgan fingerprint density at radius 2 is 2.28 bits per heavy atom. The van der Waals surface area contributed by atoms with Gasteiger partial charge in [-0.25, -0.2) is 4.98 Å². The Morgan fingerprint density at radius 3 is 2.94 bits per heavy atom. The molecule has 5 heteroatoms. The zero-order valence-electron chi connectivity index (χ0n) is 11.6. The van der Waals surface area contributed by atoms with Crippen LogP contribution in [-0.4, -0.2) is 29.0 Å². The van der Waals surface area contributed by atoms with Gasteiger partial charge in [0.1, 0.15) is 0 Å². The van der Waals surface area contributed by atoms with Gasteiger partial charge in [0.15, 0.2) is 10.8 Å². The van der Waals surface area contributed by atoms with Crippen molar-refractivity contribution in [1.82, 2.24) is 14.7 Å². The summed E-state index contributed by atoms with van der Waals surface area (Å²) >= 11 is 1.69. The van der Waals surface area contributed by atoms with Gasteiger partial charge in [0, 0.05) is 37.8 Å². The summed E-state index contributed by atoms with van der Waals surface area (Å²) in [6.07, 6.45) is 3.24. The van der Waals surface area contributed by atoms with E-state index >= 15 is 0 Å². The maximum Gasteiger partial charge on any atom is 0.195 e. The van der Waals surface area contributed by atoms with Crippen molar-refractivity contribution >= 4 is 22.1 Å². The van der Waals surface area contributed by atoms with Crippen LogP contribution in [-0.2, 0) is 6.54 Å². The van der Waals surface area contributed by atoms with Crippen LogP contribution in [0.25, 0.3) is 4.96 Å². The van der Waals surface area contributed by atoms with E-state index in [-0.39, 0.29) is 0 Å². The third-order valence-electron chi connectivity index (χ3n) is 2.94. The first-order chi connectivity index (χ1) is 8.63. The van der Waals surface area contributed by atoms with E-state index in [2.05, 4.69) is 54.0 Å². The third-order valence-corrected chi connectivity index (χ3v) is 3.69. The molecule has 0 bridgehead atoms. The predicted octanol–water partition coefficient (Wildman–Crippen LogP) is 2.74. The molecule has 0 radical (unpaired) electrons. The molecule has 2 rings (SSSR count). The lowest BCUT2D eigenvalue weighted by atomic mass is 10.3. The molecule has 1 N–H and O–H groups in total. The summed E-state index contributed by atoms with van der Waals surface area (Å²) in [6.45, 7) is 8.43. The molecule has 0 aliphatic carbocycles. The standard InChI is InChI=1S/C13H22N4S/c1-5-6-16(4)12-11(9-14-10(2)3)17-7-8-18-13(17)15-12/h7-8,10,14H,5-6,9H2,1-4H3. The van der Waals surface area contributed by atoms with E-state index in [1.807, 2.05) is 0 Å². The molecule has 2 aromatic heterocycles. The maximum absolute atomic E-state index is 4.74. The number of nitrogens with one attached hydrogen (secondary N) is 1. The van der Waals surface area contributed by atoms with Crippen molar-refractivity contribution in [2.75, 3.05) is 18.5 Å². The number of rotatable bonds is 6. The van der Waals surface area contributed by atoms with Crippen LogP contribution in [0.5, 0.6) is 0 Å². The quantitative estimate of drug-likeness (QED) is 0.872. The number of hydrogen-bond acceptors (Lipinski definition) is 4. The molecule has 2 heterocycles. The molecule has 0 saturated carbocycles. The van der Waals surface area contributed by atoms with Crippen LogP contribution in [0.2, 0.25) is 0 Å². The highest BCUT2D eigenvalue weighted by molar-refractivity contribution is 7.15. The molecule has 0 atom stereocenters. The van der Waals surface area contributed by atoms with Crippen molar-refractivity contribution in [3.63, 3.8) is 0 Å². The molecular weight excluding hydrogens is 244 g/mol. The van der Waals surface area contributed by atoms with Crippen LogP contribution >= 0.6 is 11.3 Å². The molecule has 0 fully saturated rings. The van der Waals surface area contributed by atoms with Crippen molar-refractivity contribution < 1.29 is 0 Å². The summed E-state index contributed by atoms with van der Waals surface area (Å²) in [5.74, 6) is 1.11. The van der Waals surface area contributed by atoms with Gasteiger partial charge in [-0.2, -0.15) is 0 Å². The van der Waals surface area contributed by atoms with E-state index in [4.69, 9.17) is 4.98 Å². The Balaban J connectivity index is 2.31. The normalized spacial score (nSPS) is 11.6. The lowest BCUT2D eigenvalue weighted by molar-refractivity contribution is 0.579. The molecule has 2 aromatic rings. The fraction of sp³-hybridized carbons (Fsp3) is 0.615. The summed E-state index contributed by atoms with van der Waals surface area (Å²) in [7, 11) is 2.12. The molecular formula is C13H22N4S. The van der Waals surface area contributed by atoms with Crippen molar-refractivity contribution in [1.29, 1.82) is 0 Å². The van der Waals surface area contributed by atoms with Gasteiger partial charge in [0.2, 0.25) is 0 Å². The number of imidazole rings is 1. The van der Waals surface area contributed by atoms with E-state index in [0.717, 1.165) is 30.3 Å². The van der Waals surface area contributed by atoms with Crippen LogP contribution in [0.15, 0.2) is 11.6 Å². The Bertz CT molecular complexity index is 500. The van der Waals surface area contributed by atoms with E-state index in [9.17, 15) is 0 Å². The van der Waals surface area contributed by atoms with Gasteiger partial charge in [-0.05, 0) is 6.42 Å². The van der Waals surface area contributed by atoms with Gasteiger partial charge >= 0.3 is 0 Å². The average molecular weight is 266 g/mol. The summed E-state index contributed by atoms with van der Waals surface area (Å²) in [4.78, 5) is 8.06. The molecule has 18 heavy (non-hydrogen) atoms. The van der Waals surface area contributed by atoms with E-state index in [1.54, 1.807) is 11.3 Å². The van der Waals surface area contributed by atoms with Crippen LogP contribution in [0.1, 0.15) is 32.9 Å². The highest BCUT2D eigenvalue weighted by Crippen LogP contribution is 2.24. The molecule has 4 nitrogen and oxygen atoms in total. The number of hydrogen-bond donors (Lipinski definition) is 1. The third kappa shape index (κ3) is 2.67. The fourth-order valence-corrected chi connectivity index (χ4v) is 2.76. The van der Waals surface area contributed by atoms with Crippen LogP contribution in [0.4, 0.5) is 5.82 Å². The second-order valence-electron chi connectivity index (χ2n) is 4.89. The average Bonchev–Trinajstić information content (AvgIpc) is 2.86. The molecule has 0 aliphatic heterocycles. The van der Waals surface area contributed by atoms with E-state index < -0.39 is 0 Å². The Kier molecular flexibility index (Phi) is 4.24. The lowest BCUT2D eigenvalue weighted by Gasteiger charge is -2.18. The predicted molar refractivity (Wildman–Crippen MR) is 78.6 cm³/mol. The minimum absolute atomic E-state index is 0.485. The van der Waals surface area contributed by atoms with E-state index in [1.165, 1.54) is 5.69 Å². The van der Waals surface area contributed by atoms with E-state index in [0.29, 0.717) is 6.04 Å². The lowest BCUT2D eigenvalue weighted by Crippen LogP contribution is -2.25. The highest BCUT2D eigenvalue weighted by atomic mass is 32.1. The van der Waals surface area contributed by atoms with Gasteiger partial charge in [-0.3, -0.25) is 4.40 Å². The minimum atomic E-state index is 0.485.